The van der Waals surface area contributed by atoms with Gasteiger partial charge in [-0.05, 0) is 95.7 Å². The topological polar surface area (TPSA) is 34.1 Å². The number of hydrogen-bond acceptors (Lipinski definition) is 2. The Bertz CT molecular complexity index is 857. The lowest BCUT2D eigenvalue weighted by Crippen LogP contribution is -2.70. The molecule has 5 fully saturated rings. The maximum Gasteiger partial charge on any atom is 0.137 e. The Kier molecular flexibility index (Phi) is 4.70. The molecule has 0 aromatic rings. The van der Waals surface area contributed by atoms with Crippen molar-refractivity contribution in [1.82, 2.24) is 0 Å². The fourth-order valence-corrected chi connectivity index (χ4v) is 11.0. The van der Waals surface area contributed by atoms with Gasteiger partial charge in [0.2, 0.25) is 0 Å². The number of carbonyl (C=O) groups excluding carboxylic acids is 2. The van der Waals surface area contributed by atoms with Crippen LogP contribution in [-0.4, -0.2) is 11.6 Å². The molecule has 32 heavy (non-hydrogen) atoms. The molecule has 0 spiro atoms. The molecule has 5 rings (SSSR count). The average molecular weight is 441 g/mol. The van der Waals surface area contributed by atoms with Crippen LogP contribution in [0, 0.1) is 56.2 Å². The fourth-order valence-electron chi connectivity index (χ4n) is 11.0. The van der Waals surface area contributed by atoms with Gasteiger partial charge in [-0.3, -0.25) is 9.59 Å². The minimum Gasteiger partial charge on any atom is -0.299 e. The third-order valence-electron chi connectivity index (χ3n) is 13.4. The highest BCUT2D eigenvalue weighted by atomic mass is 16.1. The van der Waals surface area contributed by atoms with Crippen molar-refractivity contribution >= 4 is 11.6 Å². The van der Waals surface area contributed by atoms with Gasteiger partial charge in [0.05, 0.1) is 0 Å². The molecule has 0 saturated heterocycles. The normalized spacial score (nSPS) is 57.1. The summed E-state index contributed by atoms with van der Waals surface area (Å²) in [6.45, 7) is 19.6. The summed E-state index contributed by atoms with van der Waals surface area (Å²) in [5.41, 5.74) is 1.08. The summed E-state index contributed by atoms with van der Waals surface area (Å²) in [6, 6.07) is 0. The van der Waals surface area contributed by atoms with Crippen molar-refractivity contribution < 1.29 is 9.59 Å². The summed E-state index contributed by atoms with van der Waals surface area (Å²) in [7, 11) is 0. The van der Waals surface area contributed by atoms with E-state index < -0.39 is 0 Å². The molecule has 0 amide bonds. The highest BCUT2D eigenvalue weighted by Gasteiger charge is 2.72. The quantitative estimate of drug-likeness (QED) is 0.388. The van der Waals surface area contributed by atoms with E-state index in [-0.39, 0.29) is 33.5 Å². The van der Waals surface area contributed by atoms with Gasteiger partial charge in [-0.15, -0.1) is 0 Å². The van der Waals surface area contributed by atoms with Crippen LogP contribution >= 0.6 is 0 Å². The first-order chi connectivity index (χ1) is 14.6. The molecule has 5 saturated carbocycles. The van der Waals surface area contributed by atoms with Gasteiger partial charge in [0, 0.05) is 24.7 Å². The molecule has 0 unspecified atom stereocenters. The van der Waals surface area contributed by atoms with Crippen LogP contribution in [0.15, 0.2) is 0 Å². The third kappa shape index (κ3) is 2.65. The van der Waals surface area contributed by atoms with Gasteiger partial charge < -0.3 is 0 Å². The minimum absolute atomic E-state index is 0.0258. The van der Waals surface area contributed by atoms with E-state index in [4.69, 9.17) is 0 Å². The van der Waals surface area contributed by atoms with Crippen molar-refractivity contribution in [2.45, 2.75) is 120 Å². The van der Waals surface area contributed by atoms with Crippen molar-refractivity contribution in [3.63, 3.8) is 0 Å². The second kappa shape index (κ2) is 6.51. The standard InChI is InChI=1S/C30H48O2/c1-19-20(31)9-10-22-27(5)14-16-29(7)23-18-25(2,3)11-12-26(23,4)13-15-30(29,8)24(27)21(32)17-28(19,22)6/h19,22-24H,9-18H2,1-8H3/t19-,22+,23-,24+,26+,27-,28+,29-,30+/m0/s1. The van der Waals surface area contributed by atoms with E-state index in [0.717, 1.165) is 18.8 Å². The maximum atomic E-state index is 14.2. The van der Waals surface area contributed by atoms with Crippen molar-refractivity contribution in [1.29, 1.82) is 0 Å². The SMILES string of the molecule is C[C@H]1C(=O)CC[C@@H]2[C@]3(C)CC[C@@]4(C)[C@H]5CC(C)(C)CC[C@]5(C)CC[C@]4(C)[C@@H]3C(=O)C[C@@]21C. The molecule has 5 aliphatic carbocycles. The van der Waals surface area contributed by atoms with E-state index in [9.17, 15) is 9.59 Å². The third-order valence-corrected chi connectivity index (χ3v) is 13.4. The van der Waals surface area contributed by atoms with Crippen molar-refractivity contribution in [2.75, 3.05) is 0 Å². The molecule has 0 bridgehead atoms. The smallest absolute Gasteiger partial charge is 0.137 e. The second-order valence-electron chi connectivity index (χ2n) is 15.3. The zero-order valence-electron chi connectivity index (χ0n) is 22.2. The van der Waals surface area contributed by atoms with Crippen LogP contribution in [0.5, 0.6) is 0 Å². The summed E-state index contributed by atoms with van der Waals surface area (Å²) in [5, 5.41) is 0. The number of ketones is 2. The van der Waals surface area contributed by atoms with Gasteiger partial charge in [-0.25, -0.2) is 0 Å². The number of rotatable bonds is 0. The molecular weight excluding hydrogens is 392 g/mol. The number of Topliss-reactive ketones (excluding diaryl/α,β-unsaturated/α-hetero) is 2. The van der Waals surface area contributed by atoms with Gasteiger partial charge in [0.1, 0.15) is 11.6 Å². The number of hydrogen-bond donors (Lipinski definition) is 0. The molecule has 0 heterocycles. The van der Waals surface area contributed by atoms with Gasteiger partial charge in [-0.2, -0.15) is 0 Å². The van der Waals surface area contributed by atoms with E-state index in [2.05, 4.69) is 55.4 Å². The Morgan fingerprint density at radius 2 is 1.31 bits per heavy atom. The lowest BCUT2D eigenvalue weighted by molar-refractivity contribution is -0.246. The van der Waals surface area contributed by atoms with Crippen LogP contribution in [0.2, 0.25) is 0 Å². The molecule has 0 aromatic carbocycles. The summed E-state index contributed by atoms with van der Waals surface area (Å²) >= 11 is 0. The summed E-state index contributed by atoms with van der Waals surface area (Å²) < 4.78 is 0. The highest BCUT2D eigenvalue weighted by Crippen LogP contribution is 2.77. The molecule has 0 aromatic heterocycles. The molecule has 5 aliphatic rings. The lowest BCUT2D eigenvalue weighted by Gasteiger charge is -2.74. The van der Waals surface area contributed by atoms with Crippen LogP contribution in [0.1, 0.15) is 120 Å². The second-order valence-corrected chi connectivity index (χ2v) is 15.3. The molecular formula is C30H48O2. The predicted octanol–water partition coefficient (Wildman–Crippen LogP) is 7.64. The zero-order valence-corrected chi connectivity index (χ0v) is 22.2. The first-order valence-corrected chi connectivity index (χ1v) is 13.7. The van der Waals surface area contributed by atoms with Crippen LogP contribution in [0.4, 0.5) is 0 Å². The van der Waals surface area contributed by atoms with Crippen LogP contribution in [-0.2, 0) is 9.59 Å². The number of carbonyl (C=O) groups is 2. The molecule has 9 atom stereocenters. The Balaban J connectivity index is 1.59. The monoisotopic (exact) mass is 440 g/mol. The van der Waals surface area contributed by atoms with Gasteiger partial charge in [-0.1, -0.05) is 55.4 Å². The molecule has 0 N–H and O–H groups in total. The Labute approximate surface area is 197 Å². The zero-order chi connectivity index (χ0) is 23.5. The van der Waals surface area contributed by atoms with Crippen molar-refractivity contribution in [3.05, 3.63) is 0 Å². The average Bonchev–Trinajstić information content (AvgIpc) is 2.69. The fraction of sp³-hybridized carbons (Fsp3) is 0.933. The number of fused-ring (bicyclic) bond motifs is 7. The van der Waals surface area contributed by atoms with Crippen LogP contribution in [0.3, 0.4) is 0 Å². The largest absolute Gasteiger partial charge is 0.299 e. The van der Waals surface area contributed by atoms with Crippen molar-refractivity contribution in [2.24, 2.45) is 56.2 Å². The summed E-state index contributed by atoms with van der Waals surface area (Å²) in [5.74, 6) is 2.31. The Hall–Kier alpha value is -0.660. The van der Waals surface area contributed by atoms with Gasteiger partial charge in [0.15, 0.2) is 0 Å². The van der Waals surface area contributed by atoms with Gasteiger partial charge >= 0.3 is 0 Å². The summed E-state index contributed by atoms with van der Waals surface area (Å²) in [6.07, 6.45) is 11.3. The minimum atomic E-state index is -0.141. The van der Waals surface area contributed by atoms with E-state index in [1.54, 1.807) is 0 Å². The molecule has 0 aliphatic heterocycles. The van der Waals surface area contributed by atoms with E-state index in [0.29, 0.717) is 34.7 Å². The molecule has 180 valence electrons. The van der Waals surface area contributed by atoms with E-state index in [1.807, 2.05) is 0 Å². The van der Waals surface area contributed by atoms with E-state index in [1.165, 1.54) is 44.9 Å². The first kappa shape index (κ1) is 23.1. The molecule has 2 nitrogen and oxygen atoms in total. The first-order valence-electron chi connectivity index (χ1n) is 13.7. The maximum absolute atomic E-state index is 14.2. The Morgan fingerprint density at radius 3 is 2.00 bits per heavy atom. The van der Waals surface area contributed by atoms with Crippen LogP contribution in [0.25, 0.3) is 0 Å². The van der Waals surface area contributed by atoms with Crippen LogP contribution < -0.4 is 0 Å². The van der Waals surface area contributed by atoms with Crippen molar-refractivity contribution in [3.8, 4) is 0 Å². The van der Waals surface area contributed by atoms with E-state index >= 15 is 0 Å². The summed E-state index contributed by atoms with van der Waals surface area (Å²) in [4.78, 5) is 26.9. The predicted molar refractivity (Wildman–Crippen MR) is 130 cm³/mol. The highest BCUT2D eigenvalue weighted by molar-refractivity contribution is 5.88. The molecule has 2 heteroatoms. The van der Waals surface area contributed by atoms with Gasteiger partial charge in [0.25, 0.3) is 0 Å². The lowest BCUT2D eigenvalue weighted by atomic mass is 9.30. The molecule has 0 radical (unpaired) electrons. The Morgan fingerprint density at radius 1 is 0.688 bits per heavy atom.